The molecule has 39 heavy (non-hydrogen) atoms. The lowest BCUT2D eigenvalue weighted by Gasteiger charge is -2.36. The van der Waals surface area contributed by atoms with Crippen molar-refractivity contribution in [2.24, 2.45) is 11.8 Å². The molecule has 2 fully saturated rings. The van der Waals surface area contributed by atoms with Gasteiger partial charge in [-0.3, -0.25) is 0 Å². The first-order valence-electron chi connectivity index (χ1n) is 16.0. The Balaban J connectivity index is 1.08. The lowest BCUT2D eigenvalue weighted by Crippen LogP contribution is -2.22. The van der Waals surface area contributed by atoms with Crippen molar-refractivity contribution < 1.29 is 13.9 Å². The van der Waals surface area contributed by atoms with E-state index < -0.39 is 0 Å². The van der Waals surface area contributed by atoms with Crippen molar-refractivity contribution in [1.29, 1.82) is 0 Å². The number of hydrogen-bond acceptors (Lipinski definition) is 2. The third-order valence-electron chi connectivity index (χ3n) is 9.90. The predicted octanol–water partition coefficient (Wildman–Crippen LogP) is 10.2. The molecule has 0 N–H and O–H groups in total. The highest BCUT2D eigenvalue weighted by molar-refractivity contribution is 5.66. The standard InChI is InChI=1S/C36H49FO2/c1-3-5-24-39-34-21-18-31(19-22-34)30-12-10-27(11-13-30)26-6-8-28(9-7-26)29-14-16-32(17-15-29)33-20-23-36(38-4-2)35(37)25-33/h6,10-13,20,23,25,28-29,31-32,34H,3-5,7-9,14-19,21-22,24H2,1-2H3. The Morgan fingerprint density at radius 1 is 0.769 bits per heavy atom. The molecule has 3 heteroatoms. The molecule has 0 amide bonds. The third kappa shape index (κ3) is 7.34. The largest absolute Gasteiger partial charge is 0.491 e. The summed E-state index contributed by atoms with van der Waals surface area (Å²) in [5.41, 5.74) is 5.64. The van der Waals surface area contributed by atoms with E-state index in [2.05, 4.69) is 43.3 Å². The van der Waals surface area contributed by atoms with Crippen LogP contribution in [0.15, 0.2) is 48.5 Å². The van der Waals surface area contributed by atoms with Crippen LogP contribution < -0.4 is 4.74 Å². The van der Waals surface area contributed by atoms with Crippen LogP contribution in [-0.2, 0) is 4.74 Å². The molecule has 2 nitrogen and oxygen atoms in total. The van der Waals surface area contributed by atoms with Gasteiger partial charge in [0.15, 0.2) is 11.6 Å². The van der Waals surface area contributed by atoms with Gasteiger partial charge < -0.3 is 9.47 Å². The van der Waals surface area contributed by atoms with Crippen molar-refractivity contribution in [1.82, 2.24) is 0 Å². The minimum atomic E-state index is -0.214. The molecule has 1 atom stereocenters. The molecular formula is C36H49FO2. The summed E-state index contributed by atoms with van der Waals surface area (Å²) in [5.74, 6) is 2.97. The lowest BCUT2D eigenvalue weighted by atomic mass is 9.70. The Bertz CT molecular complexity index is 1060. The molecule has 3 aliphatic rings. The van der Waals surface area contributed by atoms with Gasteiger partial charge in [0.2, 0.25) is 0 Å². The van der Waals surface area contributed by atoms with Crippen molar-refractivity contribution in [3.05, 3.63) is 71.0 Å². The van der Waals surface area contributed by atoms with Crippen molar-refractivity contribution in [2.45, 2.75) is 115 Å². The molecule has 0 saturated heterocycles. The van der Waals surface area contributed by atoms with Gasteiger partial charge in [0.25, 0.3) is 0 Å². The van der Waals surface area contributed by atoms with Crippen LogP contribution in [0.4, 0.5) is 4.39 Å². The molecule has 0 bridgehead atoms. The summed E-state index contributed by atoms with van der Waals surface area (Å²) < 4.78 is 25.8. The van der Waals surface area contributed by atoms with Crippen molar-refractivity contribution >= 4 is 5.57 Å². The Labute approximate surface area is 236 Å². The van der Waals surface area contributed by atoms with E-state index in [4.69, 9.17) is 9.47 Å². The van der Waals surface area contributed by atoms with Gasteiger partial charge in [-0.05, 0) is 142 Å². The molecule has 0 spiro atoms. The number of halogens is 1. The molecule has 5 rings (SSSR count). The average Bonchev–Trinajstić information content (AvgIpc) is 2.99. The molecule has 3 aliphatic carbocycles. The molecule has 2 saturated carbocycles. The second-order valence-corrected chi connectivity index (χ2v) is 12.3. The Morgan fingerprint density at radius 2 is 1.46 bits per heavy atom. The number of rotatable bonds is 10. The van der Waals surface area contributed by atoms with E-state index in [1.54, 1.807) is 11.6 Å². The monoisotopic (exact) mass is 532 g/mol. The number of unbranched alkanes of at least 4 members (excludes halogenated alkanes) is 1. The summed E-state index contributed by atoms with van der Waals surface area (Å²) in [6, 6.07) is 15.2. The van der Waals surface area contributed by atoms with E-state index >= 15 is 0 Å². The van der Waals surface area contributed by atoms with Gasteiger partial charge in [-0.25, -0.2) is 4.39 Å². The molecule has 0 radical (unpaired) electrons. The number of ether oxygens (including phenoxy) is 2. The van der Waals surface area contributed by atoms with Gasteiger partial charge in [0.05, 0.1) is 12.7 Å². The van der Waals surface area contributed by atoms with Crippen LogP contribution in [0.25, 0.3) is 5.57 Å². The molecule has 2 aromatic rings. The average molecular weight is 533 g/mol. The number of benzene rings is 2. The first-order chi connectivity index (χ1) is 19.1. The van der Waals surface area contributed by atoms with Gasteiger partial charge in [-0.15, -0.1) is 0 Å². The van der Waals surface area contributed by atoms with Gasteiger partial charge in [-0.2, -0.15) is 0 Å². The Hall–Kier alpha value is -2.13. The third-order valence-corrected chi connectivity index (χ3v) is 9.90. The van der Waals surface area contributed by atoms with E-state index in [0.717, 1.165) is 24.0 Å². The fourth-order valence-corrected chi connectivity index (χ4v) is 7.44. The molecular weight excluding hydrogens is 483 g/mol. The first-order valence-corrected chi connectivity index (χ1v) is 16.0. The highest BCUT2D eigenvalue weighted by Gasteiger charge is 2.30. The zero-order valence-corrected chi connectivity index (χ0v) is 24.3. The maximum Gasteiger partial charge on any atom is 0.165 e. The van der Waals surface area contributed by atoms with Crippen LogP contribution in [-0.4, -0.2) is 19.3 Å². The second kappa shape index (κ2) is 14.0. The zero-order chi connectivity index (χ0) is 27.0. The van der Waals surface area contributed by atoms with E-state index in [1.165, 1.54) is 94.6 Å². The van der Waals surface area contributed by atoms with Crippen LogP contribution >= 0.6 is 0 Å². The zero-order valence-electron chi connectivity index (χ0n) is 24.3. The SMILES string of the molecule is CCCCOC1CCC(c2ccc(C3=CCC(C4CCC(c5ccc(OCC)c(F)c5)CC4)CC3)cc2)CC1. The smallest absolute Gasteiger partial charge is 0.165 e. The molecule has 0 heterocycles. The summed E-state index contributed by atoms with van der Waals surface area (Å²) in [5, 5.41) is 0. The summed E-state index contributed by atoms with van der Waals surface area (Å²) in [7, 11) is 0. The van der Waals surface area contributed by atoms with Crippen molar-refractivity contribution in [2.75, 3.05) is 13.2 Å². The summed E-state index contributed by atoms with van der Waals surface area (Å²) >= 11 is 0. The summed E-state index contributed by atoms with van der Waals surface area (Å²) in [6.07, 6.45) is 19.0. The van der Waals surface area contributed by atoms with Crippen molar-refractivity contribution in [3.63, 3.8) is 0 Å². The van der Waals surface area contributed by atoms with E-state index in [9.17, 15) is 4.39 Å². The highest BCUT2D eigenvalue weighted by Crippen LogP contribution is 2.44. The van der Waals surface area contributed by atoms with Gasteiger partial charge in [-0.1, -0.05) is 49.8 Å². The van der Waals surface area contributed by atoms with Crippen LogP contribution in [0.1, 0.15) is 126 Å². The van der Waals surface area contributed by atoms with Gasteiger partial charge in [0.1, 0.15) is 0 Å². The summed E-state index contributed by atoms with van der Waals surface area (Å²) in [6.45, 7) is 5.56. The molecule has 212 valence electrons. The van der Waals surface area contributed by atoms with Crippen molar-refractivity contribution in [3.8, 4) is 5.75 Å². The second-order valence-electron chi connectivity index (χ2n) is 12.3. The Kier molecular flexibility index (Phi) is 10.2. The Morgan fingerprint density at radius 3 is 2.10 bits per heavy atom. The van der Waals surface area contributed by atoms with Crippen LogP contribution in [0.2, 0.25) is 0 Å². The minimum absolute atomic E-state index is 0.214. The van der Waals surface area contributed by atoms with E-state index in [-0.39, 0.29) is 5.82 Å². The number of hydrogen-bond donors (Lipinski definition) is 0. The molecule has 0 aliphatic heterocycles. The fraction of sp³-hybridized carbons (Fsp3) is 0.611. The molecule has 0 aromatic heterocycles. The minimum Gasteiger partial charge on any atom is -0.491 e. The highest BCUT2D eigenvalue weighted by atomic mass is 19.1. The topological polar surface area (TPSA) is 18.5 Å². The normalized spacial score (nSPS) is 27.7. The lowest BCUT2D eigenvalue weighted by molar-refractivity contribution is 0.0232. The first kappa shape index (κ1) is 28.4. The predicted molar refractivity (Wildman–Crippen MR) is 160 cm³/mol. The maximum absolute atomic E-state index is 14.4. The van der Waals surface area contributed by atoms with E-state index in [0.29, 0.717) is 30.3 Å². The summed E-state index contributed by atoms with van der Waals surface area (Å²) in [4.78, 5) is 0. The quantitative estimate of drug-likeness (QED) is 0.283. The van der Waals surface area contributed by atoms with Gasteiger partial charge in [0, 0.05) is 6.61 Å². The van der Waals surface area contributed by atoms with Crippen LogP contribution in [0, 0.1) is 17.7 Å². The fourth-order valence-electron chi connectivity index (χ4n) is 7.44. The number of allylic oxidation sites excluding steroid dienone is 2. The maximum atomic E-state index is 14.4. The van der Waals surface area contributed by atoms with Crippen LogP contribution in [0.3, 0.4) is 0 Å². The molecule has 1 unspecified atom stereocenters. The van der Waals surface area contributed by atoms with Gasteiger partial charge >= 0.3 is 0 Å². The molecule has 2 aromatic carbocycles. The van der Waals surface area contributed by atoms with Crippen LogP contribution in [0.5, 0.6) is 5.75 Å². The van der Waals surface area contributed by atoms with E-state index in [1.807, 2.05) is 13.0 Å².